The molecule has 1 aromatic carbocycles. The Balaban J connectivity index is 2.64. The molecular formula is C9H8N4O3. The van der Waals surface area contributed by atoms with E-state index < -0.39 is 10.6 Å². The number of nitro benzene ring substituents is 1. The van der Waals surface area contributed by atoms with Gasteiger partial charge in [0.2, 0.25) is 0 Å². The van der Waals surface area contributed by atoms with E-state index in [4.69, 9.17) is 0 Å². The quantitative estimate of drug-likeness (QED) is 0.594. The second-order valence-electron chi connectivity index (χ2n) is 3.18. The first-order valence-electron chi connectivity index (χ1n) is 4.46. The Morgan fingerprint density at radius 2 is 2.12 bits per heavy atom. The van der Waals surface area contributed by atoms with Crippen molar-refractivity contribution in [1.29, 1.82) is 0 Å². The molecule has 7 nitrogen and oxygen atoms in total. The Morgan fingerprint density at radius 1 is 1.44 bits per heavy atom. The monoisotopic (exact) mass is 220 g/mol. The summed E-state index contributed by atoms with van der Waals surface area (Å²) in [5.74, 6) is 0.194. The third-order valence-corrected chi connectivity index (χ3v) is 2.13. The average molecular weight is 220 g/mol. The fourth-order valence-corrected chi connectivity index (χ4v) is 1.36. The van der Waals surface area contributed by atoms with Gasteiger partial charge in [-0.1, -0.05) is 12.1 Å². The van der Waals surface area contributed by atoms with Gasteiger partial charge in [0.25, 0.3) is 5.69 Å². The molecule has 2 aromatic rings. The molecule has 16 heavy (non-hydrogen) atoms. The van der Waals surface area contributed by atoms with E-state index >= 15 is 0 Å². The molecule has 0 aliphatic rings. The van der Waals surface area contributed by atoms with E-state index in [1.165, 1.54) is 19.2 Å². The molecule has 0 radical (unpaired) electrons. The second-order valence-corrected chi connectivity index (χ2v) is 3.18. The minimum atomic E-state index is -0.512. The van der Waals surface area contributed by atoms with E-state index in [9.17, 15) is 14.9 Å². The van der Waals surface area contributed by atoms with Crippen LogP contribution in [0.4, 0.5) is 5.69 Å². The molecule has 1 heterocycles. The number of H-pyrrole nitrogens is 1. The number of para-hydroxylation sites is 1. The minimum absolute atomic E-state index is 0.0862. The Hall–Kier alpha value is -2.44. The van der Waals surface area contributed by atoms with Gasteiger partial charge < -0.3 is 0 Å². The van der Waals surface area contributed by atoms with Gasteiger partial charge >= 0.3 is 5.69 Å². The molecule has 0 atom stereocenters. The van der Waals surface area contributed by atoms with E-state index in [2.05, 4.69) is 10.1 Å². The van der Waals surface area contributed by atoms with Crippen LogP contribution in [-0.2, 0) is 7.05 Å². The first kappa shape index (κ1) is 10.1. The SMILES string of the molecule is Cn1nc(-c2ccccc2[N+](=O)[O-])[nH]c1=O. The number of benzene rings is 1. The highest BCUT2D eigenvalue weighted by molar-refractivity contribution is 5.67. The summed E-state index contributed by atoms with van der Waals surface area (Å²) in [6.07, 6.45) is 0. The normalized spacial score (nSPS) is 10.3. The third-order valence-electron chi connectivity index (χ3n) is 2.13. The molecular weight excluding hydrogens is 212 g/mol. The lowest BCUT2D eigenvalue weighted by molar-refractivity contribution is -0.384. The number of rotatable bonds is 2. The van der Waals surface area contributed by atoms with Crippen LogP contribution in [0, 0.1) is 10.1 Å². The van der Waals surface area contributed by atoms with Crippen molar-refractivity contribution in [1.82, 2.24) is 14.8 Å². The van der Waals surface area contributed by atoms with Crippen LogP contribution in [0.15, 0.2) is 29.1 Å². The van der Waals surface area contributed by atoms with Crippen LogP contribution >= 0.6 is 0 Å². The van der Waals surface area contributed by atoms with E-state index in [0.29, 0.717) is 5.56 Å². The Morgan fingerprint density at radius 3 is 2.69 bits per heavy atom. The summed E-state index contributed by atoms with van der Waals surface area (Å²) in [6.45, 7) is 0. The zero-order valence-corrected chi connectivity index (χ0v) is 8.38. The predicted octanol–water partition coefficient (Wildman–Crippen LogP) is 0.684. The molecule has 82 valence electrons. The number of aromatic nitrogens is 3. The standard InChI is InChI=1S/C9H8N4O3/c1-12-9(14)10-8(11-12)6-4-2-3-5-7(6)13(15)16/h2-5H,1H3,(H,10,11,14). The molecule has 0 amide bonds. The number of aryl methyl sites for hydroxylation is 1. The van der Waals surface area contributed by atoms with Gasteiger partial charge in [-0.2, -0.15) is 0 Å². The number of nitro groups is 1. The number of nitrogens with zero attached hydrogens (tertiary/aromatic N) is 3. The van der Waals surface area contributed by atoms with Crippen molar-refractivity contribution in [3.8, 4) is 11.4 Å². The summed E-state index contributed by atoms with van der Waals surface area (Å²) in [7, 11) is 1.47. The summed E-state index contributed by atoms with van der Waals surface area (Å²) in [5.41, 5.74) is -0.199. The zero-order chi connectivity index (χ0) is 11.7. The van der Waals surface area contributed by atoms with Gasteiger partial charge in [-0.25, -0.2) is 9.48 Å². The van der Waals surface area contributed by atoms with Gasteiger partial charge in [-0.05, 0) is 6.07 Å². The summed E-state index contributed by atoms with van der Waals surface area (Å²) < 4.78 is 1.09. The van der Waals surface area contributed by atoms with Crippen LogP contribution in [0.1, 0.15) is 0 Å². The molecule has 0 unspecified atom stereocenters. The van der Waals surface area contributed by atoms with Gasteiger partial charge in [-0.3, -0.25) is 15.1 Å². The van der Waals surface area contributed by atoms with Crippen molar-refractivity contribution in [3.05, 3.63) is 44.9 Å². The van der Waals surface area contributed by atoms with Gasteiger partial charge in [0.15, 0.2) is 5.82 Å². The van der Waals surface area contributed by atoms with E-state index in [1.807, 2.05) is 0 Å². The van der Waals surface area contributed by atoms with Gasteiger partial charge in [0.05, 0.1) is 10.5 Å². The number of hydrogen-bond acceptors (Lipinski definition) is 4. The maximum atomic E-state index is 11.2. The Kier molecular flexibility index (Phi) is 2.28. The van der Waals surface area contributed by atoms with Crippen LogP contribution in [0.3, 0.4) is 0 Å². The highest BCUT2D eigenvalue weighted by Crippen LogP contribution is 2.25. The fourth-order valence-electron chi connectivity index (χ4n) is 1.36. The molecule has 2 rings (SSSR count). The maximum absolute atomic E-state index is 11.2. The maximum Gasteiger partial charge on any atom is 0.343 e. The number of hydrogen-bond donors (Lipinski definition) is 1. The summed E-state index contributed by atoms with van der Waals surface area (Å²) in [4.78, 5) is 23.9. The molecule has 0 aliphatic heterocycles. The fraction of sp³-hybridized carbons (Fsp3) is 0.111. The van der Waals surface area contributed by atoms with Crippen LogP contribution < -0.4 is 5.69 Å². The van der Waals surface area contributed by atoms with Crippen LogP contribution in [-0.4, -0.2) is 19.7 Å². The number of nitrogens with one attached hydrogen (secondary N) is 1. The average Bonchev–Trinajstić information content (AvgIpc) is 2.59. The molecule has 0 spiro atoms. The van der Waals surface area contributed by atoms with Crippen molar-refractivity contribution in [2.75, 3.05) is 0 Å². The van der Waals surface area contributed by atoms with Crippen LogP contribution in [0.2, 0.25) is 0 Å². The molecule has 0 bridgehead atoms. The summed E-state index contributed by atoms with van der Waals surface area (Å²) in [5, 5.41) is 14.6. The first-order valence-corrected chi connectivity index (χ1v) is 4.46. The Labute approximate surface area is 89.5 Å². The Bertz CT molecular complexity index is 599. The summed E-state index contributed by atoms with van der Waals surface area (Å²) >= 11 is 0. The minimum Gasteiger partial charge on any atom is -0.289 e. The topological polar surface area (TPSA) is 93.8 Å². The third kappa shape index (κ3) is 1.58. The smallest absolute Gasteiger partial charge is 0.289 e. The molecule has 7 heteroatoms. The zero-order valence-electron chi connectivity index (χ0n) is 8.38. The highest BCUT2D eigenvalue weighted by atomic mass is 16.6. The van der Waals surface area contributed by atoms with Crippen molar-refractivity contribution in [2.24, 2.45) is 7.05 Å². The van der Waals surface area contributed by atoms with E-state index in [0.717, 1.165) is 4.68 Å². The molecule has 1 aromatic heterocycles. The van der Waals surface area contributed by atoms with Gasteiger partial charge in [0, 0.05) is 13.1 Å². The molecule has 0 saturated heterocycles. The van der Waals surface area contributed by atoms with E-state index in [1.54, 1.807) is 12.1 Å². The van der Waals surface area contributed by atoms with Crippen molar-refractivity contribution >= 4 is 5.69 Å². The lowest BCUT2D eigenvalue weighted by atomic mass is 10.2. The van der Waals surface area contributed by atoms with Gasteiger partial charge in [-0.15, -0.1) is 5.10 Å². The van der Waals surface area contributed by atoms with Crippen LogP contribution in [0.5, 0.6) is 0 Å². The number of aromatic amines is 1. The van der Waals surface area contributed by atoms with Gasteiger partial charge in [0.1, 0.15) is 0 Å². The first-order chi connectivity index (χ1) is 7.59. The van der Waals surface area contributed by atoms with Crippen molar-refractivity contribution < 1.29 is 4.92 Å². The molecule has 1 N–H and O–H groups in total. The highest BCUT2D eigenvalue weighted by Gasteiger charge is 2.17. The van der Waals surface area contributed by atoms with E-state index in [-0.39, 0.29) is 11.5 Å². The van der Waals surface area contributed by atoms with Crippen LogP contribution in [0.25, 0.3) is 11.4 Å². The molecule has 0 aliphatic carbocycles. The van der Waals surface area contributed by atoms with Crippen molar-refractivity contribution in [2.45, 2.75) is 0 Å². The predicted molar refractivity (Wildman–Crippen MR) is 55.9 cm³/mol. The molecule has 0 saturated carbocycles. The summed E-state index contributed by atoms with van der Waals surface area (Å²) in [6, 6.07) is 6.11. The lowest BCUT2D eigenvalue weighted by Gasteiger charge is -1.97. The second kappa shape index (κ2) is 3.61. The largest absolute Gasteiger partial charge is 0.343 e. The molecule has 0 fully saturated rings. The lowest BCUT2D eigenvalue weighted by Crippen LogP contribution is -2.13. The van der Waals surface area contributed by atoms with Crippen molar-refractivity contribution in [3.63, 3.8) is 0 Å².